The van der Waals surface area contributed by atoms with E-state index in [1.54, 1.807) is 12.1 Å². The van der Waals surface area contributed by atoms with E-state index >= 15 is 0 Å². The molecule has 1 aromatic rings. The molecule has 0 heterocycles. The monoisotopic (exact) mass is 307 g/mol. The Kier molecular flexibility index (Phi) is 5.83. The molecule has 4 heteroatoms. The largest absolute Gasteiger partial charge is 0.396 e. The van der Waals surface area contributed by atoms with Gasteiger partial charge in [-0.3, -0.25) is 4.79 Å². The van der Waals surface area contributed by atoms with Crippen molar-refractivity contribution in [3.63, 3.8) is 0 Å². The highest BCUT2D eigenvalue weighted by Gasteiger charge is 2.31. The maximum absolute atomic E-state index is 11.9. The Balaban J connectivity index is 1.86. The molecule has 1 aliphatic carbocycles. The average Bonchev–Trinajstić information content (AvgIpc) is 2.52. The average molecular weight is 308 g/mol. The first kappa shape index (κ1) is 16.1. The fourth-order valence-electron chi connectivity index (χ4n) is 2.81. The number of carbonyl (C=O) groups excluding carboxylic acids is 1. The van der Waals surface area contributed by atoms with Crippen LogP contribution in [0.1, 0.15) is 37.7 Å². The molecule has 1 saturated carbocycles. The van der Waals surface area contributed by atoms with Crippen molar-refractivity contribution in [2.24, 2.45) is 5.41 Å². The van der Waals surface area contributed by atoms with Crippen LogP contribution in [0.2, 0.25) is 5.02 Å². The van der Waals surface area contributed by atoms with Gasteiger partial charge < -0.3 is 10.4 Å². The minimum atomic E-state index is -0.131. The fraction of sp³-hybridized carbons (Fsp3) is 0.471. The molecular weight excluding hydrogens is 286 g/mol. The summed E-state index contributed by atoms with van der Waals surface area (Å²) in [6, 6.07) is 7.35. The molecule has 0 saturated heterocycles. The quantitative estimate of drug-likeness (QED) is 0.819. The number of hydrogen-bond donors (Lipinski definition) is 2. The Labute approximate surface area is 131 Å². The van der Waals surface area contributed by atoms with E-state index in [9.17, 15) is 9.90 Å². The molecule has 114 valence electrons. The number of halogens is 1. The Bertz CT molecular complexity index is 507. The molecule has 1 aromatic carbocycles. The zero-order valence-corrected chi connectivity index (χ0v) is 12.9. The van der Waals surface area contributed by atoms with Gasteiger partial charge in [-0.25, -0.2) is 0 Å². The number of carbonyl (C=O) groups is 1. The number of aliphatic hydroxyl groups excluding tert-OH is 1. The second-order valence-corrected chi connectivity index (χ2v) is 6.26. The van der Waals surface area contributed by atoms with Gasteiger partial charge in [-0.05, 0) is 36.6 Å². The van der Waals surface area contributed by atoms with E-state index in [4.69, 9.17) is 11.6 Å². The minimum absolute atomic E-state index is 0.127. The molecule has 0 aliphatic heterocycles. The highest BCUT2D eigenvalue weighted by atomic mass is 35.5. The van der Waals surface area contributed by atoms with Crippen molar-refractivity contribution in [3.05, 3.63) is 40.9 Å². The SMILES string of the molecule is O=C(/C=C/c1cccc(Cl)c1)NCC1(CO)CCCCC1. The summed E-state index contributed by atoms with van der Waals surface area (Å²) in [5, 5.41) is 13.2. The first-order chi connectivity index (χ1) is 10.1. The summed E-state index contributed by atoms with van der Waals surface area (Å²) in [6.45, 7) is 0.688. The molecule has 0 atom stereocenters. The summed E-state index contributed by atoms with van der Waals surface area (Å²) in [5.74, 6) is -0.131. The van der Waals surface area contributed by atoms with Crippen LogP contribution < -0.4 is 5.32 Å². The van der Waals surface area contributed by atoms with Crippen LogP contribution in [0.5, 0.6) is 0 Å². The molecule has 21 heavy (non-hydrogen) atoms. The second kappa shape index (κ2) is 7.62. The molecule has 0 bridgehead atoms. The molecule has 3 nitrogen and oxygen atoms in total. The van der Waals surface area contributed by atoms with Crippen LogP contribution in [0.15, 0.2) is 30.3 Å². The van der Waals surface area contributed by atoms with Gasteiger partial charge in [-0.1, -0.05) is 43.0 Å². The molecule has 2 N–H and O–H groups in total. The van der Waals surface area contributed by atoms with Crippen LogP contribution >= 0.6 is 11.6 Å². The van der Waals surface area contributed by atoms with Crippen LogP contribution in [0.4, 0.5) is 0 Å². The number of nitrogens with one attached hydrogen (secondary N) is 1. The van der Waals surface area contributed by atoms with Crippen LogP contribution in [0, 0.1) is 5.41 Å². The Morgan fingerprint density at radius 2 is 2.10 bits per heavy atom. The number of hydrogen-bond acceptors (Lipinski definition) is 2. The third-order valence-electron chi connectivity index (χ3n) is 4.16. The van der Waals surface area contributed by atoms with E-state index in [0.29, 0.717) is 11.6 Å². The summed E-state index contributed by atoms with van der Waals surface area (Å²) in [4.78, 5) is 11.9. The molecule has 1 aliphatic rings. The van der Waals surface area contributed by atoms with Crippen LogP contribution in [-0.4, -0.2) is 24.2 Å². The maximum atomic E-state index is 11.9. The minimum Gasteiger partial charge on any atom is -0.396 e. The third-order valence-corrected chi connectivity index (χ3v) is 4.40. The number of aliphatic hydroxyl groups is 1. The van der Waals surface area contributed by atoms with Gasteiger partial charge in [0.15, 0.2) is 0 Å². The molecule has 0 spiro atoms. The number of rotatable bonds is 5. The molecule has 0 unspecified atom stereocenters. The van der Waals surface area contributed by atoms with E-state index in [1.807, 2.05) is 18.2 Å². The van der Waals surface area contributed by atoms with Gasteiger partial charge in [-0.2, -0.15) is 0 Å². The Morgan fingerprint density at radius 1 is 1.33 bits per heavy atom. The zero-order chi connectivity index (χ0) is 15.1. The van der Waals surface area contributed by atoms with Gasteiger partial charge in [0.25, 0.3) is 0 Å². The van der Waals surface area contributed by atoms with E-state index < -0.39 is 0 Å². The van der Waals surface area contributed by atoms with Crippen molar-refractivity contribution in [3.8, 4) is 0 Å². The lowest BCUT2D eigenvalue weighted by molar-refractivity contribution is -0.117. The lowest BCUT2D eigenvalue weighted by Gasteiger charge is -2.35. The topological polar surface area (TPSA) is 49.3 Å². The Morgan fingerprint density at radius 3 is 2.76 bits per heavy atom. The second-order valence-electron chi connectivity index (χ2n) is 5.82. The van der Waals surface area contributed by atoms with E-state index in [-0.39, 0.29) is 17.9 Å². The smallest absolute Gasteiger partial charge is 0.244 e. The zero-order valence-electron chi connectivity index (χ0n) is 12.1. The van der Waals surface area contributed by atoms with Crippen molar-refractivity contribution < 1.29 is 9.90 Å². The van der Waals surface area contributed by atoms with Gasteiger partial charge in [0.1, 0.15) is 0 Å². The molecular formula is C17H22ClNO2. The van der Waals surface area contributed by atoms with Crippen LogP contribution in [-0.2, 0) is 4.79 Å². The summed E-state index contributed by atoms with van der Waals surface area (Å²) < 4.78 is 0. The normalized spacial score (nSPS) is 17.8. The van der Waals surface area contributed by atoms with Crippen molar-refractivity contribution in [1.29, 1.82) is 0 Å². The fourth-order valence-corrected chi connectivity index (χ4v) is 3.01. The molecule has 1 fully saturated rings. The highest BCUT2D eigenvalue weighted by molar-refractivity contribution is 6.30. The third kappa shape index (κ3) is 4.87. The predicted molar refractivity (Wildman–Crippen MR) is 86.1 cm³/mol. The highest BCUT2D eigenvalue weighted by Crippen LogP contribution is 2.35. The molecule has 0 radical (unpaired) electrons. The molecule has 0 aromatic heterocycles. The van der Waals surface area contributed by atoms with E-state index in [2.05, 4.69) is 5.32 Å². The summed E-state index contributed by atoms with van der Waals surface area (Å²) in [5.41, 5.74) is 0.768. The van der Waals surface area contributed by atoms with Gasteiger partial charge >= 0.3 is 0 Å². The van der Waals surface area contributed by atoms with Crippen molar-refractivity contribution >= 4 is 23.6 Å². The van der Waals surface area contributed by atoms with Gasteiger partial charge in [-0.15, -0.1) is 0 Å². The first-order valence-corrected chi connectivity index (χ1v) is 7.84. The molecule has 2 rings (SSSR count). The van der Waals surface area contributed by atoms with Gasteiger partial charge in [0.2, 0.25) is 5.91 Å². The summed E-state index contributed by atoms with van der Waals surface area (Å²) in [6.07, 6.45) is 8.73. The molecule has 1 amide bonds. The van der Waals surface area contributed by atoms with E-state index in [0.717, 1.165) is 31.2 Å². The lowest BCUT2D eigenvalue weighted by Crippen LogP contribution is -2.40. The standard InChI is InChI=1S/C17H22ClNO2/c18-15-6-4-5-14(11-15)7-8-16(21)19-12-17(13-20)9-2-1-3-10-17/h4-8,11,20H,1-3,9-10,12-13H2,(H,19,21)/b8-7+. The predicted octanol–water partition coefficient (Wildman–Crippen LogP) is 3.41. The Hall–Kier alpha value is -1.32. The summed E-state index contributed by atoms with van der Waals surface area (Å²) >= 11 is 5.90. The maximum Gasteiger partial charge on any atom is 0.244 e. The van der Waals surface area contributed by atoms with Gasteiger partial charge in [0.05, 0.1) is 6.61 Å². The summed E-state index contributed by atoms with van der Waals surface area (Å²) in [7, 11) is 0. The van der Waals surface area contributed by atoms with Crippen molar-refractivity contribution in [1.82, 2.24) is 5.32 Å². The van der Waals surface area contributed by atoms with Crippen LogP contribution in [0.25, 0.3) is 6.08 Å². The van der Waals surface area contributed by atoms with Crippen molar-refractivity contribution in [2.45, 2.75) is 32.1 Å². The first-order valence-electron chi connectivity index (χ1n) is 7.46. The lowest BCUT2D eigenvalue weighted by atomic mass is 9.74. The van der Waals surface area contributed by atoms with Crippen molar-refractivity contribution in [2.75, 3.05) is 13.2 Å². The number of amides is 1. The number of benzene rings is 1. The van der Waals surface area contributed by atoms with E-state index in [1.165, 1.54) is 12.5 Å². The van der Waals surface area contributed by atoms with Crippen LogP contribution in [0.3, 0.4) is 0 Å². The van der Waals surface area contributed by atoms with Gasteiger partial charge in [0, 0.05) is 23.1 Å².